The van der Waals surface area contributed by atoms with Gasteiger partial charge >= 0.3 is 5.97 Å². The van der Waals surface area contributed by atoms with Crippen molar-refractivity contribution in [2.24, 2.45) is 5.92 Å². The fraction of sp³-hybridized carbons (Fsp3) is 0.273. The zero-order valence-corrected chi connectivity index (χ0v) is 16.1. The Morgan fingerprint density at radius 3 is 2.57 bits per heavy atom. The maximum absolute atomic E-state index is 12.8. The molecule has 0 unspecified atom stereocenters. The van der Waals surface area contributed by atoms with E-state index in [0.717, 1.165) is 23.2 Å². The van der Waals surface area contributed by atoms with Gasteiger partial charge in [0, 0.05) is 49.7 Å². The largest absolute Gasteiger partial charge is 0.478 e. The molecule has 1 aromatic carbocycles. The van der Waals surface area contributed by atoms with Crippen LogP contribution < -0.4 is 5.56 Å². The van der Waals surface area contributed by atoms with Crippen molar-refractivity contribution in [1.29, 1.82) is 0 Å². The van der Waals surface area contributed by atoms with E-state index < -0.39 is 5.97 Å². The normalized spacial score (nSPS) is 19.9. The van der Waals surface area contributed by atoms with Crippen molar-refractivity contribution in [3.05, 3.63) is 76.2 Å². The number of carboxylic acid groups (broad SMARTS) is 1. The summed E-state index contributed by atoms with van der Waals surface area (Å²) in [6.07, 6.45) is 4.13. The molecule has 1 fully saturated rings. The topological polar surface area (TPSA) is 108 Å². The maximum atomic E-state index is 12.8. The number of rotatable bonds is 3. The van der Waals surface area contributed by atoms with Crippen molar-refractivity contribution in [1.82, 2.24) is 19.4 Å². The van der Waals surface area contributed by atoms with Gasteiger partial charge in [0.15, 0.2) is 5.82 Å². The minimum atomic E-state index is -0.985. The summed E-state index contributed by atoms with van der Waals surface area (Å²) < 4.78 is 1.82. The predicted molar refractivity (Wildman–Crippen MR) is 108 cm³/mol. The molecular formula is C22H20N4O4. The minimum absolute atomic E-state index is 0.0645. The highest BCUT2D eigenvalue weighted by atomic mass is 16.4. The van der Waals surface area contributed by atoms with E-state index in [1.54, 1.807) is 30.6 Å². The average Bonchev–Trinajstić information content (AvgIpc) is 3.28. The first-order valence-corrected chi connectivity index (χ1v) is 9.87. The number of benzene rings is 1. The van der Waals surface area contributed by atoms with Crippen molar-refractivity contribution in [3.8, 4) is 11.1 Å². The van der Waals surface area contributed by atoms with E-state index >= 15 is 0 Å². The van der Waals surface area contributed by atoms with Crippen LogP contribution in [0.15, 0.2) is 53.6 Å². The number of piperidine rings is 1. The second-order valence-electron chi connectivity index (χ2n) is 7.95. The van der Waals surface area contributed by atoms with E-state index in [1.165, 1.54) is 12.1 Å². The van der Waals surface area contributed by atoms with Crippen molar-refractivity contribution < 1.29 is 14.7 Å². The number of carboxylic acids is 1. The summed E-state index contributed by atoms with van der Waals surface area (Å²) in [5, 5.41) is 9.09. The molecule has 2 aliphatic rings. The smallest absolute Gasteiger partial charge is 0.335 e. The zero-order chi connectivity index (χ0) is 20.8. The molecule has 0 spiro atoms. The number of carbonyl (C=O) groups excluding carboxylic acids is 1. The van der Waals surface area contributed by atoms with Gasteiger partial charge in [-0.15, -0.1) is 0 Å². The summed E-state index contributed by atoms with van der Waals surface area (Å²) in [5.74, 6) is -0.469. The van der Waals surface area contributed by atoms with Crippen molar-refractivity contribution in [3.63, 3.8) is 0 Å². The maximum Gasteiger partial charge on any atom is 0.335 e. The first-order chi connectivity index (χ1) is 14.5. The summed E-state index contributed by atoms with van der Waals surface area (Å²) >= 11 is 0. The van der Waals surface area contributed by atoms with E-state index in [-0.39, 0.29) is 28.9 Å². The van der Waals surface area contributed by atoms with Crippen LogP contribution in [0.5, 0.6) is 0 Å². The number of nitrogens with zero attached hydrogens (tertiary/aromatic N) is 3. The highest BCUT2D eigenvalue weighted by Gasteiger charge is 2.37. The molecule has 1 saturated heterocycles. The van der Waals surface area contributed by atoms with Gasteiger partial charge < -0.3 is 19.6 Å². The first-order valence-electron chi connectivity index (χ1n) is 9.87. The van der Waals surface area contributed by atoms with E-state index in [0.29, 0.717) is 25.5 Å². The monoisotopic (exact) mass is 404 g/mol. The number of carbonyl (C=O) groups is 2. The lowest BCUT2D eigenvalue weighted by molar-refractivity contribution is 0.0583. The first kappa shape index (κ1) is 18.4. The lowest BCUT2D eigenvalue weighted by Crippen LogP contribution is -2.49. The molecule has 152 valence electrons. The molecule has 3 aromatic rings. The van der Waals surface area contributed by atoms with Crippen LogP contribution >= 0.6 is 0 Å². The summed E-state index contributed by atoms with van der Waals surface area (Å²) in [6, 6.07) is 10.1. The molecule has 5 rings (SSSR count). The second-order valence-corrected chi connectivity index (χ2v) is 7.95. The molecule has 2 N–H and O–H groups in total. The Labute approximate surface area is 171 Å². The number of aromatic nitrogens is 3. The van der Waals surface area contributed by atoms with Gasteiger partial charge in [0.25, 0.3) is 11.5 Å². The van der Waals surface area contributed by atoms with Gasteiger partial charge in [-0.05, 0) is 41.7 Å². The molecule has 2 aliphatic heterocycles. The van der Waals surface area contributed by atoms with Gasteiger partial charge in [0.2, 0.25) is 0 Å². The highest BCUT2D eigenvalue weighted by Crippen LogP contribution is 2.37. The number of amides is 1. The Morgan fingerprint density at radius 1 is 1.07 bits per heavy atom. The number of pyridine rings is 1. The zero-order valence-electron chi connectivity index (χ0n) is 16.1. The molecule has 2 aromatic heterocycles. The Kier molecular flexibility index (Phi) is 4.27. The molecule has 4 heterocycles. The van der Waals surface area contributed by atoms with Crippen LogP contribution in [0, 0.1) is 5.92 Å². The van der Waals surface area contributed by atoms with Crippen molar-refractivity contribution in [2.45, 2.75) is 18.9 Å². The molecule has 30 heavy (non-hydrogen) atoms. The number of nitrogens with one attached hydrogen (secondary N) is 1. The lowest BCUT2D eigenvalue weighted by atomic mass is 9.82. The number of hydrogen-bond donors (Lipinski definition) is 2. The quantitative estimate of drug-likeness (QED) is 0.696. The number of fused-ring (bicyclic) bond motifs is 4. The van der Waals surface area contributed by atoms with E-state index in [4.69, 9.17) is 5.11 Å². The molecule has 0 aliphatic carbocycles. The van der Waals surface area contributed by atoms with Crippen LogP contribution in [0.4, 0.5) is 0 Å². The van der Waals surface area contributed by atoms with Crippen LogP contribution in [0.3, 0.4) is 0 Å². The molecule has 0 saturated carbocycles. The number of likely N-dealkylation sites (tertiary alicyclic amines) is 1. The standard InChI is InChI=1S/C22H20N4O4/c27-19-9-16(14-1-3-15(4-2-14)22(29)30)8-18-17-7-13(11-26(18)19)10-25(12-17)21(28)20-23-5-6-24-20/h1-6,8-9,13,17H,7,10-12H2,(H,23,24)(H,29,30)/t13-,17+/m0/s1. The third-order valence-electron chi connectivity index (χ3n) is 6.01. The van der Waals surface area contributed by atoms with Gasteiger partial charge in [-0.25, -0.2) is 9.78 Å². The Morgan fingerprint density at radius 2 is 1.87 bits per heavy atom. The third-order valence-corrected chi connectivity index (χ3v) is 6.01. The van der Waals surface area contributed by atoms with Crippen molar-refractivity contribution in [2.75, 3.05) is 13.1 Å². The van der Waals surface area contributed by atoms with Gasteiger partial charge in [-0.2, -0.15) is 0 Å². The van der Waals surface area contributed by atoms with Crippen LogP contribution in [0.2, 0.25) is 0 Å². The fourth-order valence-electron chi connectivity index (χ4n) is 4.63. The van der Waals surface area contributed by atoms with Gasteiger partial charge in [0.1, 0.15) is 0 Å². The van der Waals surface area contributed by atoms with Crippen molar-refractivity contribution >= 4 is 11.9 Å². The molecule has 2 atom stereocenters. The Bertz CT molecular complexity index is 1180. The van der Waals surface area contributed by atoms with E-state index in [1.807, 2.05) is 15.5 Å². The van der Waals surface area contributed by atoms with Crippen LogP contribution in [-0.4, -0.2) is 49.5 Å². The minimum Gasteiger partial charge on any atom is -0.478 e. The summed E-state index contributed by atoms with van der Waals surface area (Å²) in [4.78, 5) is 45.5. The Hall–Kier alpha value is -3.68. The SMILES string of the molecule is O=C(O)c1ccc(-c2cc3n(c(=O)c2)C[C@H]2C[C@@H]3CN(C(=O)c3ncc[nH]3)C2)cc1. The number of aromatic amines is 1. The predicted octanol–water partition coefficient (Wildman–Crippen LogP) is 2.20. The highest BCUT2D eigenvalue weighted by molar-refractivity contribution is 5.90. The molecule has 0 radical (unpaired) electrons. The van der Waals surface area contributed by atoms with E-state index in [9.17, 15) is 14.4 Å². The summed E-state index contributed by atoms with van der Waals surface area (Å²) in [7, 11) is 0. The molecule has 8 heteroatoms. The lowest BCUT2D eigenvalue weighted by Gasteiger charge is -2.42. The molecular weight excluding hydrogens is 384 g/mol. The second kappa shape index (κ2) is 6.98. The average molecular weight is 404 g/mol. The van der Waals surface area contributed by atoms with E-state index in [2.05, 4.69) is 9.97 Å². The third kappa shape index (κ3) is 3.10. The number of imidazole rings is 1. The number of hydrogen-bond acceptors (Lipinski definition) is 4. The molecule has 1 amide bonds. The van der Waals surface area contributed by atoms with Crippen LogP contribution in [-0.2, 0) is 6.54 Å². The molecule has 2 bridgehead atoms. The molecule has 8 nitrogen and oxygen atoms in total. The fourth-order valence-corrected chi connectivity index (χ4v) is 4.63. The van der Waals surface area contributed by atoms with Gasteiger partial charge in [-0.3, -0.25) is 9.59 Å². The van der Waals surface area contributed by atoms with Gasteiger partial charge in [0.05, 0.1) is 5.56 Å². The summed E-state index contributed by atoms with van der Waals surface area (Å²) in [6.45, 7) is 1.74. The number of aromatic carboxylic acids is 1. The number of H-pyrrole nitrogens is 1. The van der Waals surface area contributed by atoms with Crippen LogP contribution in [0.1, 0.15) is 39.0 Å². The Balaban J connectivity index is 1.48. The van der Waals surface area contributed by atoms with Gasteiger partial charge in [-0.1, -0.05) is 12.1 Å². The van der Waals surface area contributed by atoms with Crippen LogP contribution in [0.25, 0.3) is 11.1 Å². The summed E-state index contributed by atoms with van der Waals surface area (Å²) in [5.41, 5.74) is 2.62.